The molecule has 0 unspecified atom stereocenters. The molecule has 0 N–H and O–H groups in total. The summed E-state index contributed by atoms with van der Waals surface area (Å²) in [6, 6.07) is 49.7. The Morgan fingerprint density at radius 2 is 1.05 bits per heavy atom. The van der Waals surface area contributed by atoms with Crippen molar-refractivity contribution in [3.63, 3.8) is 0 Å². The van der Waals surface area contributed by atoms with Crippen LogP contribution in [0.2, 0.25) is 0 Å². The number of nitrogens with zero attached hydrogens (tertiary/aromatic N) is 2. The molecule has 4 aromatic carbocycles. The number of benzene rings is 4. The minimum atomic E-state index is -2.33. The molecular weight excluding hydrogens is 559 g/mol. The zero-order valence-electron chi connectivity index (χ0n) is 21.6. The molecule has 188 valence electrons. The second-order valence-corrected chi connectivity index (χ2v) is 13.6. The topological polar surface area (TPSA) is 25.8 Å². The van der Waals surface area contributed by atoms with Crippen LogP contribution in [0.5, 0.6) is 0 Å². The van der Waals surface area contributed by atoms with E-state index in [4.69, 9.17) is 4.98 Å². The number of pyridine rings is 2. The fraction of sp³-hybridized carbons (Fsp3) is 0.0286. The van der Waals surface area contributed by atoms with Gasteiger partial charge in [-0.2, -0.15) is 0 Å². The van der Waals surface area contributed by atoms with E-state index in [-0.39, 0.29) is 0 Å². The molecule has 4 heteroatoms. The van der Waals surface area contributed by atoms with Crippen molar-refractivity contribution in [3.8, 4) is 22.6 Å². The number of rotatable bonds is 6. The Bertz CT molecular complexity index is 1610. The molecule has 0 amide bonds. The van der Waals surface area contributed by atoms with E-state index in [2.05, 4.69) is 143 Å². The predicted octanol–water partition coefficient (Wildman–Crippen LogP) is 7.50. The lowest BCUT2D eigenvalue weighted by molar-refractivity contribution is 1.25. The summed E-state index contributed by atoms with van der Waals surface area (Å²) in [5.74, 6) is 0. The number of hydrogen-bond acceptors (Lipinski definition) is 2. The van der Waals surface area contributed by atoms with E-state index in [0.717, 1.165) is 27.1 Å². The maximum absolute atomic E-state index is 5.18. The monoisotopic (exact) mass is 585 g/mol. The van der Waals surface area contributed by atoms with Gasteiger partial charge in [-0.3, -0.25) is 4.98 Å². The van der Waals surface area contributed by atoms with E-state index in [1.165, 1.54) is 26.8 Å². The van der Waals surface area contributed by atoms with Gasteiger partial charge in [0, 0.05) is 16.2 Å². The Kier molecular flexibility index (Phi) is 7.20. The molecule has 2 nitrogen and oxygen atoms in total. The first-order valence-electron chi connectivity index (χ1n) is 12.9. The molecule has 0 fully saturated rings. The Balaban J connectivity index is 1.73. The van der Waals surface area contributed by atoms with Gasteiger partial charge >= 0.3 is 0 Å². The van der Waals surface area contributed by atoms with Crippen LogP contribution in [-0.2, 0) is 0 Å². The number of halogens is 1. The highest BCUT2D eigenvalue weighted by atomic mass is 79.9. The third-order valence-electron chi connectivity index (χ3n) is 7.02. The van der Waals surface area contributed by atoms with Gasteiger partial charge in [-0.05, 0) is 85.3 Å². The summed E-state index contributed by atoms with van der Waals surface area (Å²) in [5.41, 5.74) is 4.98. The normalized spacial score (nSPS) is 11.3. The van der Waals surface area contributed by atoms with Crippen molar-refractivity contribution in [3.05, 3.63) is 156 Å². The van der Waals surface area contributed by atoms with Gasteiger partial charge < -0.3 is 0 Å². The van der Waals surface area contributed by atoms with Crippen LogP contribution < -0.4 is 21.2 Å². The van der Waals surface area contributed by atoms with Crippen molar-refractivity contribution in [1.29, 1.82) is 0 Å². The molecule has 0 aliphatic heterocycles. The largest absolute Gasteiger partial charge is 0.255 e. The van der Waals surface area contributed by atoms with Crippen LogP contribution in [0.4, 0.5) is 0 Å². The van der Waals surface area contributed by atoms with Crippen molar-refractivity contribution >= 4 is 44.4 Å². The minimum Gasteiger partial charge on any atom is -0.255 e. The molecule has 0 saturated carbocycles. The van der Waals surface area contributed by atoms with Crippen LogP contribution in [0.3, 0.4) is 0 Å². The third kappa shape index (κ3) is 4.74. The molecule has 0 aliphatic carbocycles. The maximum atomic E-state index is 5.18. The van der Waals surface area contributed by atoms with Crippen LogP contribution in [0, 0.1) is 6.92 Å². The summed E-state index contributed by atoms with van der Waals surface area (Å²) in [6.45, 7) is 2.15. The number of hydrogen-bond donors (Lipinski definition) is 0. The SMILES string of the molecule is Cc1cc(-c2cccc(-c3ccccn3)n2)c([P+](c2ccccc2)(c2ccccc2)c2ccccc2)cc1Br. The summed E-state index contributed by atoms with van der Waals surface area (Å²) in [6.07, 6.45) is 1.82. The van der Waals surface area contributed by atoms with Gasteiger partial charge in [-0.1, -0.05) is 82.7 Å². The number of aromatic nitrogens is 2. The molecule has 2 heterocycles. The van der Waals surface area contributed by atoms with E-state index in [1.54, 1.807) is 0 Å². The molecule has 0 bridgehead atoms. The molecule has 0 aliphatic rings. The van der Waals surface area contributed by atoms with Crippen molar-refractivity contribution in [1.82, 2.24) is 9.97 Å². The van der Waals surface area contributed by atoms with Crippen LogP contribution in [-0.4, -0.2) is 9.97 Å². The zero-order chi connectivity index (χ0) is 26.7. The minimum absolute atomic E-state index is 0.864. The van der Waals surface area contributed by atoms with Crippen molar-refractivity contribution in [2.75, 3.05) is 0 Å². The number of aryl methyl sites for hydroxylation is 1. The summed E-state index contributed by atoms with van der Waals surface area (Å²) < 4.78 is 1.09. The van der Waals surface area contributed by atoms with Crippen LogP contribution >= 0.6 is 23.2 Å². The molecule has 39 heavy (non-hydrogen) atoms. The Hall–Kier alpha value is -3.91. The second-order valence-electron chi connectivity index (χ2n) is 9.42. The van der Waals surface area contributed by atoms with Gasteiger partial charge in [0.2, 0.25) is 0 Å². The van der Waals surface area contributed by atoms with Gasteiger partial charge in [-0.25, -0.2) is 4.98 Å². The zero-order valence-corrected chi connectivity index (χ0v) is 24.1. The van der Waals surface area contributed by atoms with Crippen molar-refractivity contribution < 1.29 is 0 Å². The molecule has 0 atom stereocenters. The molecule has 0 saturated heterocycles. The van der Waals surface area contributed by atoms with Crippen LogP contribution in [0.25, 0.3) is 22.6 Å². The van der Waals surface area contributed by atoms with E-state index in [0.29, 0.717) is 0 Å². The lowest BCUT2D eigenvalue weighted by atomic mass is 10.1. The first-order valence-corrected chi connectivity index (χ1v) is 15.5. The van der Waals surface area contributed by atoms with Crippen LogP contribution in [0.15, 0.2) is 150 Å². The molecule has 2 aromatic heterocycles. The fourth-order valence-corrected chi connectivity index (χ4v) is 10.2. The molecule has 0 radical (unpaired) electrons. The van der Waals surface area contributed by atoms with Gasteiger partial charge in [-0.15, -0.1) is 0 Å². The highest BCUT2D eigenvalue weighted by Gasteiger charge is 2.49. The molecular formula is C35H27BrN2P+. The fourth-order valence-electron chi connectivity index (χ4n) is 5.21. The Labute approximate surface area is 238 Å². The predicted molar refractivity (Wildman–Crippen MR) is 170 cm³/mol. The maximum Gasteiger partial charge on any atom is 0.145 e. The van der Waals surface area contributed by atoms with Crippen LogP contribution in [0.1, 0.15) is 5.56 Å². The second kappa shape index (κ2) is 11.1. The highest BCUT2D eigenvalue weighted by molar-refractivity contribution is 9.10. The molecule has 0 spiro atoms. The first kappa shape index (κ1) is 25.4. The van der Waals surface area contributed by atoms with Crippen molar-refractivity contribution in [2.45, 2.75) is 6.92 Å². The van der Waals surface area contributed by atoms with E-state index in [1.807, 2.05) is 30.5 Å². The summed E-state index contributed by atoms with van der Waals surface area (Å²) in [7, 11) is -2.33. The van der Waals surface area contributed by atoms with Gasteiger partial charge in [0.25, 0.3) is 0 Å². The first-order chi connectivity index (χ1) is 19.2. The summed E-state index contributed by atoms with van der Waals surface area (Å²) in [5, 5.41) is 5.19. The molecule has 6 rings (SSSR count). The summed E-state index contributed by atoms with van der Waals surface area (Å²) in [4.78, 5) is 9.75. The lowest BCUT2D eigenvalue weighted by Gasteiger charge is -2.29. The average molecular weight is 586 g/mol. The van der Waals surface area contributed by atoms with Gasteiger partial charge in [0.15, 0.2) is 0 Å². The van der Waals surface area contributed by atoms with E-state index < -0.39 is 7.26 Å². The smallest absolute Gasteiger partial charge is 0.145 e. The standard InChI is InChI=1S/C35H27BrN2P/c1-26-24-30(32-21-13-22-34(38-32)33-20-11-12-23-37-33)35(25-31(26)36)39(27-14-5-2-6-15-27,28-16-7-3-8-17-28)29-18-9-4-10-19-29/h2-25H,1H3/q+1. The summed E-state index contributed by atoms with van der Waals surface area (Å²) >= 11 is 3.90. The average Bonchev–Trinajstić information content (AvgIpc) is 3.01. The quantitative estimate of drug-likeness (QED) is 0.189. The third-order valence-corrected chi connectivity index (χ3v) is 12.2. The molecule has 6 aromatic rings. The van der Waals surface area contributed by atoms with Gasteiger partial charge in [0.1, 0.15) is 28.5 Å². The lowest BCUT2D eigenvalue weighted by Crippen LogP contribution is -2.39. The highest BCUT2D eigenvalue weighted by Crippen LogP contribution is 2.56. The van der Waals surface area contributed by atoms with E-state index in [9.17, 15) is 0 Å². The van der Waals surface area contributed by atoms with E-state index >= 15 is 0 Å². The van der Waals surface area contributed by atoms with Gasteiger partial charge in [0.05, 0.1) is 17.1 Å². The van der Waals surface area contributed by atoms with Crippen molar-refractivity contribution in [2.24, 2.45) is 0 Å². The Morgan fingerprint density at radius 1 is 0.538 bits per heavy atom. The Morgan fingerprint density at radius 3 is 1.59 bits per heavy atom.